The van der Waals surface area contributed by atoms with Crippen molar-refractivity contribution >= 4 is 33.3 Å². The molecule has 5 rings (SSSR count). The van der Waals surface area contributed by atoms with Crippen LogP contribution < -0.4 is 4.18 Å². The summed E-state index contributed by atoms with van der Waals surface area (Å²) in [6, 6.07) is 12.4. The lowest BCUT2D eigenvalue weighted by Crippen LogP contribution is -2.37. The van der Waals surface area contributed by atoms with E-state index in [0.717, 1.165) is 37.1 Å². The molecule has 1 heterocycles. The zero-order chi connectivity index (χ0) is 24.0. The fraction of sp³-hybridized carbons (Fsp3) is 0.308. The molecule has 0 bridgehead atoms. The number of carbonyl (C=O) groups excluding carboxylic acids is 2. The number of hydrogen-bond donors (Lipinski definition) is 0. The fourth-order valence-corrected chi connectivity index (χ4v) is 6.26. The molecular weight excluding hydrogens is 474 g/mol. The molecule has 2 aromatic rings. The van der Waals surface area contributed by atoms with E-state index < -0.39 is 16.0 Å². The minimum absolute atomic E-state index is 0.0125. The quantitative estimate of drug-likeness (QED) is 0.543. The Balaban J connectivity index is 1.58. The lowest BCUT2D eigenvalue weighted by molar-refractivity contribution is -0.117. The largest absolute Gasteiger partial charge is 0.379 e. The van der Waals surface area contributed by atoms with Crippen molar-refractivity contribution in [1.29, 1.82) is 0 Å². The van der Waals surface area contributed by atoms with Crippen molar-refractivity contribution in [2.75, 3.05) is 7.05 Å². The Bertz CT molecular complexity index is 1310. The minimum Gasteiger partial charge on any atom is -0.379 e. The number of allylic oxidation sites excluding steroid dienone is 4. The highest BCUT2D eigenvalue weighted by atomic mass is 35.5. The maximum Gasteiger partial charge on any atom is 0.339 e. The van der Waals surface area contributed by atoms with Gasteiger partial charge >= 0.3 is 10.1 Å². The first-order valence-electron chi connectivity index (χ1n) is 11.3. The Morgan fingerprint density at radius 3 is 2.06 bits per heavy atom. The van der Waals surface area contributed by atoms with Crippen molar-refractivity contribution in [2.24, 2.45) is 0 Å². The number of Topliss-reactive ketones (excluding diaryl/α,β-unsaturated/α-hetero) is 2. The fourth-order valence-electron chi connectivity index (χ4n) is 5.21. The molecule has 0 aromatic heterocycles. The molecule has 2 aliphatic carbocycles. The average Bonchev–Trinajstić information content (AvgIpc) is 2.80. The molecule has 176 valence electrons. The van der Waals surface area contributed by atoms with Crippen molar-refractivity contribution in [3.8, 4) is 5.75 Å². The highest BCUT2D eigenvalue weighted by Gasteiger charge is 2.42. The lowest BCUT2D eigenvalue weighted by Gasteiger charge is -2.42. The van der Waals surface area contributed by atoms with Gasteiger partial charge in [0.25, 0.3) is 0 Å². The van der Waals surface area contributed by atoms with E-state index in [1.54, 1.807) is 18.2 Å². The summed E-state index contributed by atoms with van der Waals surface area (Å²) in [7, 11) is -2.14. The molecule has 0 N–H and O–H groups in total. The normalized spacial score (nSPS) is 19.3. The highest BCUT2D eigenvalue weighted by Crippen LogP contribution is 2.48. The number of ketones is 2. The van der Waals surface area contributed by atoms with Gasteiger partial charge in [0.15, 0.2) is 11.6 Å². The SMILES string of the molecule is CN1C2=C(C(=O)CCC2)C(c2cccc(OS(=O)(=O)c3ccc(Cl)cc3)c2)C2=C1CCCC2=O. The maximum atomic E-state index is 13.1. The van der Waals surface area contributed by atoms with E-state index in [9.17, 15) is 18.0 Å². The zero-order valence-corrected chi connectivity index (χ0v) is 20.3. The van der Waals surface area contributed by atoms with Crippen LogP contribution in [0.25, 0.3) is 0 Å². The molecule has 0 atom stereocenters. The van der Waals surface area contributed by atoms with Crippen molar-refractivity contribution in [1.82, 2.24) is 4.90 Å². The van der Waals surface area contributed by atoms with Crippen LogP contribution in [0.4, 0.5) is 0 Å². The van der Waals surface area contributed by atoms with E-state index in [4.69, 9.17) is 15.8 Å². The molecule has 0 saturated carbocycles. The number of nitrogens with zero attached hydrogens (tertiary/aromatic N) is 1. The first kappa shape index (κ1) is 22.9. The molecule has 0 spiro atoms. The van der Waals surface area contributed by atoms with Crippen LogP contribution >= 0.6 is 11.6 Å². The van der Waals surface area contributed by atoms with Crippen LogP contribution in [0, 0.1) is 0 Å². The Kier molecular flexibility index (Phi) is 5.86. The van der Waals surface area contributed by atoms with Gasteiger partial charge in [-0.05, 0) is 67.6 Å². The van der Waals surface area contributed by atoms with E-state index in [1.807, 2.05) is 18.0 Å². The third kappa shape index (κ3) is 3.97. The van der Waals surface area contributed by atoms with E-state index in [1.165, 1.54) is 24.3 Å². The third-order valence-corrected chi connectivity index (χ3v) is 8.26. The topological polar surface area (TPSA) is 80.8 Å². The van der Waals surface area contributed by atoms with E-state index >= 15 is 0 Å². The molecule has 2 aromatic carbocycles. The predicted molar refractivity (Wildman–Crippen MR) is 128 cm³/mol. The summed E-state index contributed by atoms with van der Waals surface area (Å²) < 4.78 is 31.0. The smallest absolute Gasteiger partial charge is 0.339 e. The van der Waals surface area contributed by atoms with Crippen molar-refractivity contribution in [3.63, 3.8) is 0 Å². The van der Waals surface area contributed by atoms with Gasteiger partial charge in [-0.3, -0.25) is 9.59 Å². The molecule has 0 amide bonds. The second-order valence-corrected chi connectivity index (χ2v) is 10.8. The molecule has 8 heteroatoms. The molecule has 6 nitrogen and oxygen atoms in total. The minimum atomic E-state index is -4.08. The molecule has 0 saturated heterocycles. The molecule has 3 aliphatic rings. The van der Waals surface area contributed by atoms with E-state index in [2.05, 4.69) is 0 Å². The summed E-state index contributed by atoms with van der Waals surface area (Å²) in [5, 5.41) is 0.422. The number of halogens is 1. The summed E-state index contributed by atoms with van der Waals surface area (Å²) in [5.41, 5.74) is 3.92. The summed E-state index contributed by atoms with van der Waals surface area (Å²) in [6.45, 7) is 0. The van der Waals surface area contributed by atoms with Crippen LogP contribution in [0.2, 0.25) is 5.02 Å². The molecular formula is C26H24ClNO5S. The van der Waals surface area contributed by atoms with Crippen LogP contribution in [0.1, 0.15) is 50.0 Å². The second kappa shape index (κ2) is 8.71. The Hall–Kier alpha value is -2.90. The van der Waals surface area contributed by atoms with E-state index in [-0.39, 0.29) is 22.2 Å². The zero-order valence-electron chi connectivity index (χ0n) is 18.7. The number of hydrogen-bond acceptors (Lipinski definition) is 6. The summed E-state index contributed by atoms with van der Waals surface area (Å²) in [5.74, 6) is -0.294. The first-order valence-corrected chi connectivity index (χ1v) is 13.1. The molecule has 1 aliphatic heterocycles. The van der Waals surface area contributed by atoms with Gasteiger partial charge in [-0.25, -0.2) is 0 Å². The number of rotatable bonds is 4. The van der Waals surface area contributed by atoms with Gasteiger partial charge in [0.05, 0.1) is 0 Å². The summed E-state index contributed by atoms with van der Waals surface area (Å²) in [6.07, 6.45) is 4.02. The Labute approximate surface area is 204 Å². The monoisotopic (exact) mass is 497 g/mol. The number of benzene rings is 2. The van der Waals surface area contributed by atoms with Crippen LogP contribution in [-0.4, -0.2) is 31.9 Å². The highest BCUT2D eigenvalue weighted by molar-refractivity contribution is 7.87. The second-order valence-electron chi connectivity index (χ2n) is 8.83. The van der Waals surface area contributed by atoms with Gasteiger partial charge in [0.2, 0.25) is 0 Å². The van der Waals surface area contributed by atoms with Gasteiger partial charge in [0.1, 0.15) is 10.6 Å². The number of carbonyl (C=O) groups is 2. The summed E-state index contributed by atoms with van der Waals surface area (Å²) in [4.78, 5) is 28.2. The molecule has 0 radical (unpaired) electrons. The van der Waals surface area contributed by atoms with Gasteiger partial charge in [-0.2, -0.15) is 8.42 Å². The van der Waals surface area contributed by atoms with Gasteiger partial charge in [-0.1, -0.05) is 23.7 Å². The summed E-state index contributed by atoms with van der Waals surface area (Å²) >= 11 is 5.87. The van der Waals surface area contributed by atoms with Crippen molar-refractivity contribution < 1.29 is 22.2 Å². The standard InChI is InChI=1S/C26H24ClNO5S/c1-28-20-7-3-9-22(29)25(20)24(26-21(28)8-4-10-23(26)30)16-5-2-6-18(15-16)33-34(31,32)19-13-11-17(27)12-14-19/h2,5-6,11-15,24H,3-4,7-10H2,1H3. The lowest BCUT2D eigenvalue weighted by atomic mass is 9.71. The predicted octanol–water partition coefficient (Wildman–Crippen LogP) is 5.15. The molecule has 34 heavy (non-hydrogen) atoms. The van der Waals surface area contributed by atoms with E-state index in [0.29, 0.717) is 34.6 Å². The van der Waals surface area contributed by atoms with Crippen LogP contribution in [0.5, 0.6) is 5.75 Å². The van der Waals surface area contributed by atoms with Crippen LogP contribution in [0.3, 0.4) is 0 Å². The molecule has 0 unspecified atom stereocenters. The van der Waals surface area contributed by atoms with Crippen LogP contribution in [-0.2, 0) is 19.7 Å². The van der Waals surface area contributed by atoms with Crippen LogP contribution in [0.15, 0.2) is 76.0 Å². The first-order chi connectivity index (χ1) is 16.3. The van der Waals surface area contributed by atoms with Gasteiger partial charge < -0.3 is 9.08 Å². The Morgan fingerprint density at radius 2 is 1.47 bits per heavy atom. The Morgan fingerprint density at radius 1 is 0.882 bits per heavy atom. The third-order valence-electron chi connectivity index (χ3n) is 6.74. The average molecular weight is 498 g/mol. The van der Waals surface area contributed by atoms with Crippen molar-refractivity contribution in [2.45, 2.75) is 49.3 Å². The van der Waals surface area contributed by atoms with Crippen molar-refractivity contribution in [3.05, 3.63) is 81.7 Å². The molecule has 0 fully saturated rings. The maximum absolute atomic E-state index is 13.1. The van der Waals surface area contributed by atoms with Gasteiger partial charge in [-0.15, -0.1) is 0 Å². The van der Waals surface area contributed by atoms with Gasteiger partial charge in [0, 0.05) is 53.4 Å².